The molecule has 2 aromatic rings. The summed E-state index contributed by atoms with van der Waals surface area (Å²) in [6.45, 7) is 1.44. The van der Waals surface area contributed by atoms with Crippen molar-refractivity contribution < 1.29 is 8.78 Å². The average molecular weight is 394 g/mol. The van der Waals surface area contributed by atoms with Gasteiger partial charge in [0.15, 0.2) is 0 Å². The van der Waals surface area contributed by atoms with Crippen molar-refractivity contribution in [3.63, 3.8) is 0 Å². The standard InChI is InChI=1S/C12H8Br2F2N2O/c1-6-10(14)12(19)18(5-17-6)4-7-9(15)3-2-8(13)11(7)16/h2-3,5H,4H2,1H3. The molecule has 0 bridgehead atoms. The number of rotatable bonds is 2. The quantitative estimate of drug-likeness (QED) is 0.733. The van der Waals surface area contributed by atoms with Crippen LogP contribution in [0.15, 0.2) is 32.2 Å². The first-order chi connectivity index (χ1) is 8.91. The van der Waals surface area contributed by atoms with Gasteiger partial charge in [0.25, 0.3) is 5.56 Å². The molecule has 0 atom stereocenters. The van der Waals surface area contributed by atoms with Crippen molar-refractivity contribution in [3.8, 4) is 0 Å². The molecule has 0 N–H and O–H groups in total. The maximum atomic E-state index is 13.8. The maximum Gasteiger partial charge on any atom is 0.268 e. The van der Waals surface area contributed by atoms with E-state index < -0.39 is 11.6 Å². The SMILES string of the molecule is Cc1ncn(Cc2c(F)ccc(Br)c2F)c(=O)c1Br. The number of nitrogens with zero attached hydrogens (tertiary/aromatic N) is 2. The van der Waals surface area contributed by atoms with Crippen LogP contribution in [-0.2, 0) is 6.54 Å². The topological polar surface area (TPSA) is 34.9 Å². The predicted octanol–water partition coefficient (Wildman–Crippen LogP) is 3.40. The Kier molecular flexibility index (Phi) is 4.15. The highest BCUT2D eigenvalue weighted by Crippen LogP contribution is 2.22. The van der Waals surface area contributed by atoms with E-state index in [2.05, 4.69) is 36.8 Å². The Bertz CT molecular complexity index is 701. The van der Waals surface area contributed by atoms with Crippen molar-refractivity contribution in [2.24, 2.45) is 0 Å². The zero-order valence-corrected chi connectivity index (χ0v) is 12.9. The summed E-state index contributed by atoms with van der Waals surface area (Å²) in [5, 5.41) is 0. The lowest BCUT2D eigenvalue weighted by atomic mass is 10.2. The minimum Gasteiger partial charge on any atom is -0.294 e. The normalized spacial score (nSPS) is 10.8. The molecule has 0 saturated heterocycles. The molecule has 1 aromatic heterocycles. The van der Waals surface area contributed by atoms with Gasteiger partial charge in [-0.1, -0.05) is 0 Å². The highest BCUT2D eigenvalue weighted by Gasteiger charge is 2.14. The van der Waals surface area contributed by atoms with Crippen LogP contribution >= 0.6 is 31.9 Å². The Labute approximate surface area is 124 Å². The van der Waals surface area contributed by atoms with Crippen molar-refractivity contribution in [3.05, 3.63) is 60.7 Å². The van der Waals surface area contributed by atoms with Gasteiger partial charge in [0.05, 0.1) is 23.0 Å². The van der Waals surface area contributed by atoms with Crippen LogP contribution in [0, 0.1) is 18.6 Å². The second-order valence-electron chi connectivity index (χ2n) is 3.90. The molecule has 2 rings (SSSR count). The van der Waals surface area contributed by atoms with Crippen LogP contribution in [0.1, 0.15) is 11.3 Å². The summed E-state index contributed by atoms with van der Waals surface area (Å²) in [6, 6.07) is 2.42. The molecule has 100 valence electrons. The van der Waals surface area contributed by atoms with E-state index in [-0.39, 0.29) is 26.6 Å². The van der Waals surface area contributed by atoms with Gasteiger partial charge in [0.2, 0.25) is 0 Å². The van der Waals surface area contributed by atoms with Crippen LogP contribution in [0.2, 0.25) is 0 Å². The number of halogens is 4. The van der Waals surface area contributed by atoms with Crippen molar-refractivity contribution >= 4 is 31.9 Å². The van der Waals surface area contributed by atoms with Crippen LogP contribution < -0.4 is 5.56 Å². The molecular weight excluding hydrogens is 386 g/mol. The van der Waals surface area contributed by atoms with Gasteiger partial charge in [0.1, 0.15) is 16.1 Å². The Morgan fingerprint density at radius 1 is 1.32 bits per heavy atom. The zero-order valence-electron chi connectivity index (χ0n) is 9.75. The summed E-state index contributed by atoms with van der Waals surface area (Å²) in [6.07, 6.45) is 1.27. The van der Waals surface area contributed by atoms with E-state index in [4.69, 9.17) is 0 Å². The molecule has 0 aliphatic rings. The molecule has 7 heteroatoms. The molecule has 0 saturated carbocycles. The smallest absolute Gasteiger partial charge is 0.268 e. The second kappa shape index (κ2) is 5.50. The Balaban J connectivity index is 2.51. The highest BCUT2D eigenvalue weighted by atomic mass is 79.9. The third-order valence-corrected chi connectivity index (χ3v) is 4.15. The number of benzene rings is 1. The zero-order chi connectivity index (χ0) is 14.2. The maximum absolute atomic E-state index is 13.8. The Morgan fingerprint density at radius 2 is 2.00 bits per heavy atom. The fourth-order valence-electron chi connectivity index (χ4n) is 1.54. The van der Waals surface area contributed by atoms with Gasteiger partial charge in [0, 0.05) is 5.56 Å². The summed E-state index contributed by atoms with van der Waals surface area (Å²) >= 11 is 6.09. The van der Waals surface area contributed by atoms with Crippen molar-refractivity contribution in [1.82, 2.24) is 9.55 Å². The van der Waals surface area contributed by atoms with E-state index in [1.807, 2.05) is 0 Å². The lowest BCUT2D eigenvalue weighted by Gasteiger charge is -2.09. The van der Waals surface area contributed by atoms with Gasteiger partial charge >= 0.3 is 0 Å². The number of hydrogen-bond acceptors (Lipinski definition) is 2. The summed E-state index contributed by atoms with van der Waals surface area (Å²) in [5.74, 6) is -1.42. The van der Waals surface area contributed by atoms with Gasteiger partial charge in [-0.15, -0.1) is 0 Å². The Hall–Kier alpha value is -1.08. The molecule has 0 unspecified atom stereocenters. The van der Waals surface area contributed by atoms with Gasteiger partial charge in [-0.3, -0.25) is 9.36 Å². The van der Waals surface area contributed by atoms with Crippen molar-refractivity contribution in [1.29, 1.82) is 0 Å². The monoisotopic (exact) mass is 392 g/mol. The van der Waals surface area contributed by atoms with Gasteiger partial charge in [-0.05, 0) is 50.9 Å². The first kappa shape index (κ1) is 14.3. The van der Waals surface area contributed by atoms with E-state index in [0.29, 0.717) is 5.69 Å². The lowest BCUT2D eigenvalue weighted by Crippen LogP contribution is -2.23. The summed E-state index contributed by atoms with van der Waals surface area (Å²) in [5.41, 5.74) is -0.0447. The van der Waals surface area contributed by atoms with Crippen LogP contribution in [0.25, 0.3) is 0 Å². The molecule has 0 radical (unpaired) electrons. The third kappa shape index (κ3) is 2.76. The molecule has 0 aliphatic carbocycles. The predicted molar refractivity (Wildman–Crippen MR) is 74.1 cm³/mol. The van der Waals surface area contributed by atoms with E-state index in [0.717, 1.165) is 10.6 Å². The number of hydrogen-bond donors (Lipinski definition) is 0. The molecule has 0 amide bonds. The van der Waals surface area contributed by atoms with Gasteiger partial charge in [-0.25, -0.2) is 13.8 Å². The van der Waals surface area contributed by atoms with E-state index in [1.165, 1.54) is 12.4 Å². The summed E-state index contributed by atoms with van der Waals surface area (Å²) in [7, 11) is 0. The fourth-order valence-corrected chi connectivity index (χ4v) is 2.24. The average Bonchev–Trinajstić information content (AvgIpc) is 2.39. The minimum atomic E-state index is -0.719. The van der Waals surface area contributed by atoms with Crippen LogP contribution in [0.5, 0.6) is 0 Å². The molecule has 0 spiro atoms. The van der Waals surface area contributed by atoms with Gasteiger partial charge in [-0.2, -0.15) is 0 Å². The van der Waals surface area contributed by atoms with Crippen molar-refractivity contribution in [2.45, 2.75) is 13.5 Å². The van der Waals surface area contributed by atoms with Crippen LogP contribution in [0.3, 0.4) is 0 Å². The van der Waals surface area contributed by atoms with Crippen molar-refractivity contribution in [2.75, 3.05) is 0 Å². The molecule has 3 nitrogen and oxygen atoms in total. The van der Waals surface area contributed by atoms with E-state index in [9.17, 15) is 13.6 Å². The van der Waals surface area contributed by atoms with Crippen LogP contribution in [0.4, 0.5) is 8.78 Å². The van der Waals surface area contributed by atoms with Gasteiger partial charge < -0.3 is 0 Å². The summed E-state index contributed by atoms with van der Waals surface area (Å²) < 4.78 is 29.0. The Morgan fingerprint density at radius 3 is 2.68 bits per heavy atom. The molecule has 1 aromatic carbocycles. The van der Waals surface area contributed by atoms with E-state index >= 15 is 0 Å². The molecular formula is C12H8Br2F2N2O. The first-order valence-electron chi connectivity index (χ1n) is 5.25. The fraction of sp³-hybridized carbons (Fsp3) is 0.167. The lowest BCUT2D eigenvalue weighted by molar-refractivity contribution is 0.535. The largest absolute Gasteiger partial charge is 0.294 e. The number of aryl methyl sites for hydroxylation is 1. The third-order valence-electron chi connectivity index (χ3n) is 2.62. The molecule has 0 fully saturated rings. The first-order valence-corrected chi connectivity index (χ1v) is 6.84. The van der Waals surface area contributed by atoms with Crippen LogP contribution in [-0.4, -0.2) is 9.55 Å². The minimum absolute atomic E-state index is 0.149. The highest BCUT2D eigenvalue weighted by molar-refractivity contribution is 9.10. The van der Waals surface area contributed by atoms with E-state index in [1.54, 1.807) is 6.92 Å². The molecule has 19 heavy (non-hydrogen) atoms. The second-order valence-corrected chi connectivity index (χ2v) is 5.55. The molecule has 0 aliphatic heterocycles. The summed E-state index contributed by atoms with van der Waals surface area (Å²) in [4.78, 5) is 15.9. The number of aromatic nitrogens is 2. The molecule has 1 heterocycles.